The number of aliphatic hydroxyl groups is 1. The van der Waals surface area contributed by atoms with Crippen molar-refractivity contribution in [2.45, 2.75) is 6.42 Å². The van der Waals surface area contributed by atoms with Gasteiger partial charge in [-0.1, -0.05) is 6.07 Å². The molecule has 1 aromatic rings. The first-order valence-corrected chi connectivity index (χ1v) is 5.47. The highest BCUT2D eigenvalue weighted by Gasteiger charge is 2.13. The van der Waals surface area contributed by atoms with Crippen LogP contribution < -0.4 is 9.47 Å². The Labute approximate surface area is 95.4 Å². The first-order chi connectivity index (χ1) is 7.79. The molecule has 1 aromatic carbocycles. The van der Waals surface area contributed by atoms with Crippen molar-refractivity contribution in [1.82, 2.24) is 4.90 Å². The lowest BCUT2D eigenvalue weighted by Gasteiger charge is -2.14. The van der Waals surface area contributed by atoms with Gasteiger partial charge < -0.3 is 19.5 Å². The van der Waals surface area contributed by atoms with Gasteiger partial charge in [0.05, 0.1) is 6.61 Å². The fraction of sp³-hybridized carbons (Fsp3) is 0.500. The molecule has 1 aliphatic rings. The van der Waals surface area contributed by atoms with E-state index in [2.05, 4.69) is 11.0 Å². The topological polar surface area (TPSA) is 41.9 Å². The second-order valence-corrected chi connectivity index (χ2v) is 3.96. The normalized spacial score (nSPS) is 13.4. The molecule has 0 bridgehead atoms. The van der Waals surface area contributed by atoms with Crippen molar-refractivity contribution in [3.05, 3.63) is 23.8 Å². The third-order valence-corrected chi connectivity index (χ3v) is 2.70. The lowest BCUT2D eigenvalue weighted by molar-refractivity contribution is 0.174. The number of hydrogen-bond donors (Lipinski definition) is 1. The van der Waals surface area contributed by atoms with Crippen molar-refractivity contribution in [2.75, 3.05) is 33.5 Å². The van der Waals surface area contributed by atoms with Gasteiger partial charge in [0.15, 0.2) is 11.5 Å². The largest absolute Gasteiger partial charge is 0.454 e. The van der Waals surface area contributed by atoms with E-state index >= 15 is 0 Å². The Balaban J connectivity index is 1.90. The third-order valence-electron chi connectivity index (χ3n) is 2.70. The minimum Gasteiger partial charge on any atom is -0.454 e. The summed E-state index contributed by atoms with van der Waals surface area (Å²) in [6, 6.07) is 6.03. The van der Waals surface area contributed by atoms with Crippen molar-refractivity contribution >= 4 is 0 Å². The molecular weight excluding hydrogens is 206 g/mol. The van der Waals surface area contributed by atoms with Gasteiger partial charge in [0.25, 0.3) is 0 Å². The Morgan fingerprint density at radius 2 is 2.06 bits per heavy atom. The maximum absolute atomic E-state index is 8.78. The molecule has 2 rings (SSSR count). The zero-order chi connectivity index (χ0) is 11.4. The van der Waals surface area contributed by atoms with Gasteiger partial charge in [0, 0.05) is 13.1 Å². The average molecular weight is 223 g/mol. The number of fused-ring (bicyclic) bond motifs is 1. The van der Waals surface area contributed by atoms with Crippen molar-refractivity contribution in [1.29, 1.82) is 0 Å². The highest BCUT2D eigenvalue weighted by atomic mass is 16.7. The van der Waals surface area contributed by atoms with Crippen LogP contribution in [-0.2, 0) is 6.42 Å². The minimum atomic E-state index is 0.206. The quantitative estimate of drug-likeness (QED) is 0.804. The summed E-state index contributed by atoms with van der Waals surface area (Å²) in [6.07, 6.45) is 0.952. The maximum atomic E-state index is 8.78. The van der Waals surface area contributed by atoms with Crippen LogP contribution >= 0.6 is 0 Å². The van der Waals surface area contributed by atoms with E-state index in [-0.39, 0.29) is 6.61 Å². The molecule has 16 heavy (non-hydrogen) atoms. The van der Waals surface area contributed by atoms with Crippen molar-refractivity contribution in [3.8, 4) is 11.5 Å². The molecule has 0 radical (unpaired) electrons. The highest BCUT2D eigenvalue weighted by Crippen LogP contribution is 2.32. The molecule has 0 fully saturated rings. The SMILES string of the molecule is CN(CCO)CCc1ccc2c(c1)OCO2. The van der Waals surface area contributed by atoms with Gasteiger partial charge in [0.1, 0.15) is 0 Å². The van der Waals surface area contributed by atoms with E-state index in [4.69, 9.17) is 14.6 Å². The zero-order valence-electron chi connectivity index (χ0n) is 9.48. The fourth-order valence-electron chi connectivity index (χ4n) is 1.70. The molecule has 4 nitrogen and oxygen atoms in total. The lowest BCUT2D eigenvalue weighted by atomic mass is 10.1. The minimum absolute atomic E-state index is 0.206. The van der Waals surface area contributed by atoms with E-state index in [1.54, 1.807) is 0 Å². The predicted octanol–water partition coefficient (Wildman–Crippen LogP) is 0.882. The number of hydrogen-bond acceptors (Lipinski definition) is 4. The van der Waals surface area contributed by atoms with Crippen molar-refractivity contribution in [3.63, 3.8) is 0 Å². The first-order valence-electron chi connectivity index (χ1n) is 5.47. The summed E-state index contributed by atoms with van der Waals surface area (Å²) in [5.74, 6) is 1.66. The average Bonchev–Trinajstić information content (AvgIpc) is 2.74. The molecule has 88 valence electrons. The summed E-state index contributed by atoms with van der Waals surface area (Å²) < 4.78 is 10.6. The van der Waals surface area contributed by atoms with E-state index in [1.807, 2.05) is 19.2 Å². The molecule has 0 saturated heterocycles. The summed E-state index contributed by atoms with van der Waals surface area (Å²) in [5, 5.41) is 8.78. The van der Waals surface area contributed by atoms with Gasteiger partial charge in [0.2, 0.25) is 6.79 Å². The lowest BCUT2D eigenvalue weighted by Crippen LogP contribution is -2.24. The monoisotopic (exact) mass is 223 g/mol. The Kier molecular flexibility index (Phi) is 3.64. The van der Waals surface area contributed by atoms with Crippen molar-refractivity contribution < 1.29 is 14.6 Å². The van der Waals surface area contributed by atoms with Crippen LogP contribution in [0.1, 0.15) is 5.56 Å². The molecular formula is C12H17NO3. The summed E-state index contributed by atoms with van der Waals surface area (Å²) in [5.41, 5.74) is 1.23. The van der Waals surface area contributed by atoms with Crippen LogP contribution in [0.3, 0.4) is 0 Å². The summed E-state index contributed by atoms with van der Waals surface area (Å²) in [7, 11) is 2.00. The molecule has 4 heteroatoms. The van der Waals surface area contributed by atoms with Gasteiger partial charge in [-0.15, -0.1) is 0 Å². The second-order valence-electron chi connectivity index (χ2n) is 3.96. The highest BCUT2D eigenvalue weighted by molar-refractivity contribution is 5.44. The standard InChI is InChI=1S/C12H17NO3/c1-13(6-7-14)5-4-10-2-3-11-12(8-10)16-9-15-11/h2-3,8,14H,4-7,9H2,1H3. The molecule has 0 atom stereocenters. The van der Waals surface area contributed by atoms with Gasteiger partial charge in [-0.05, 0) is 31.2 Å². The van der Waals surface area contributed by atoms with E-state index in [0.29, 0.717) is 13.3 Å². The molecule has 0 aromatic heterocycles. The second kappa shape index (κ2) is 5.18. The van der Waals surface area contributed by atoms with Crippen LogP contribution in [0.5, 0.6) is 11.5 Å². The van der Waals surface area contributed by atoms with Crippen LogP contribution in [0.2, 0.25) is 0 Å². The van der Waals surface area contributed by atoms with Gasteiger partial charge >= 0.3 is 0 Å². The zero-order valence-corrected chi connectivity index (χ0v) is 9.48. The molecule has 0 unspecified atom stereocenters. The van der Waals surface area contributed by atoms with Crippen LogP contribution in [0.25, 0.3) is 0 Å². The Morgan fingerprint density at radius 3 is 2.88 bits per heavy atom. The molecule has 0 aliphatic carbocycles. The predicted molar refractivity (Wildman–Crippen MR) is 60.9 cm³/mol. The van der Waals surface area contributed by atoms with Crippen LogP contribution in [0, 0.1) is 0 Å². The summed E-state index contributed by atoms with van der Waals surface area (Å²) in [6.45, 7) is 2.17. The number of rotatable bonds is 5. The summed E-state index contributed by atoms with van der Waals surface area (Å²) >= 11 is 0. The molecule has 1 N–H and O–H groups in total. The molecule has 0 spiro atoms. The summed E-state index contributed by atoms with van der Waals surface area (Å²) in [4.78, 5) is 2.10. The van der Waals surface area contributed by atoms with E-state index < -0.39 is 0 Å². The number of benzene rings is 1. The fourth-order valence-corrected chi connectivity index (χ4v) is 1.70. The van der Waals surface area contributed by atoms with E-state index in [9.17, 15) is 0 Å². The Hall–Kier alpha value is -1.26. The third kappa shape index (κ3) is 2.65. The van der Waals surface area contributed by atoms with Gasteiger partial charge in [-0.3, -0.25) is 0 Å². The number of ether oxygens (including phenoxy) is 2. The molecule has 0 amide bonds. The van der Waals surface area contributed by atoms with E-state index in [1.165, 1.54) is 5.56 Å². The first kappa shape index (κ1) is 11.2. The van der Waals surface area contributed by atoms with Gasteiger partial charge in [-0.25, -0.2) is 0 Å². The van der Waals surface area contributed by atoms with Crippen LogP contribution in [0.4, 0.5) is 0 Å². The van der Waals surface area contributed by atoms with Crippen LogP contribution in [-0.4, -0.2) is 43.5 Å². The molecule has 1 aliphatic heterocycles. The van der Waals surface area contributed by atoms with Crippen LogP contribution in [0.15, 0.2) is 18.2 Å². The molecule has 1 heterocycles. The smallest absolute Gasteiger partial charge is 0.231 e. The van der Waals surface area contributed by atoms with E-state index in [0.717, 1.165) is 24.5 Å². The Morgan fingerprint density at radius 1 is 1.25 bits per heavy atom. The number of nitrogens with zero attached hydrogens (tertiary/aromatic N) is 1. The molecule has 0 saturated carbocycles. The number of aliphatic hydroxyl groups excluding tert-OH is 1. The van der Waals surface area contributed by atoms with Gasteiger partial charge in [-0.2, -0.15) is 0 Å². The number of likely N-dealkylation sites (N-methyl/N-ethyl adjacent to an activating group) is 1. The van der Waals surface area contributed by atoms with Crippen molar-refractivity contribution in [2.24, 2.45) is 0 Å². The Bertz CT molecular complexity index is 354. The maximum Gasteiger partial charge on any atom is 0.231 e.